The van der Waals surface area contributed by atoms with Gasteiger partial charge in [0.05, 0.1) is 37.9 Å². The third-order valence-corrected chi connectivity index (χ3v) is 16.1. The van der Waals surface area contributed by atoms with Gasteiger partial charge in [0, 0.05) is 65.7 Å². The molecule has 10 aromatic heterocycles. The number of carbonyl (C=O) groups is 2. The monoisotopic (exact) mass is 1130 g/mol. The van der Waals surface area contributed by atoms with Crippen LogP contribution in [0, 0.1) is 0 Å². The molecule has 0 radical (unpaired) electrons. The van der Waals surface area contributed by atoms with E-state index in [9.17, 15) is 22.8 Å². The first-order chi connectivity index (χ1) is 33.6. The smallest absolute Gasteiger partial charge is 0.753 e. The average molecular weight is 1140 g/mol. The van der Waals surface area contributed by atoms with E-state index in [1.165, 1.54) is 64.7 Å². The maximum atomic E-state index is 12.7. The minimum atomic E-state index is -4.50. The number of aromatic nitrogens is 6. The molecule has 0 N–H and O–H groups in total. The number of carbonyl (C=O) groups excluding carboxylic acids is 2. The van der Waals surface area contributed by atoms with Crippen molar-refractivity contribution in [1.82, 2.24) is 30.1 Å². The van der Waals surface area contributed by atoms with Gasteiger partial charge < -0.3 is 25.1 Å². The zero-order valence-electron chi connectivity index (χ0n) is 36.4. The van der Waals surface area contributed by atoms with Crippen LogP contribution in [-0.4, -0.2) is 43.1 Å². The van der Waals surface area contributed by atoms with Gasteiger partial charge in [0.25, 0.3) is 12.9 Å². The SMILES string of the molecule is CCCCCCc1ccsc1-c1ccnc(-c2cc(C(F)(F)F)n[n-]2)c1.O=COc1ccnc(-c2cc(OC=O)cc(-c3cc(-c4ccc(-c5cc6sc7ccsc7c6s5)s4)ccn3)n2)c1.[N-]=C=S.[Ru+2]. The Hall–Kier alpha value is -6.02. The summed E-state index contributed by atoms with van der Waals surface area (Å²) in [6.07, 6.45) is 6.14. The van der Waals surface area contributed by atoms with Gasteiger partial charge in [-0.3, -0.25) is 24.5 Å². The van der Waals surface area contributed by atoms with Gasteiger partial charge in [-0.25, -0.2) is 4.98 Å². The number of rotatable bonds is 15. The summed E-state index contributed by atoms with van der Waals surface area (Å²) < 4.78 is 53.7. The number of hydrogen-bond acceptors (Lipinski definition) is 15. The number of thiocarbonyl (C=S) groups is 1. The number of pyridine rings is 4. The van der Waals surface area contributed by atoms with Crippen LogP contribution in [0.25, 0.3) is 89.0 Å². The largest absolute Gasteiger partial charge is 2.00 e. The fourth-order valence-electron chi connectivity index (χ4n) is 7.11. The first-order valence-electron chi connectivity index (χ1n) is 20.9. The Bertz CT molecular complexity index is 3410. The number of aryl methyl sites for hydroxylation is 1. The number of unbranched alkanes of at least 4 members (excludes halogenated alkanes) is 3. The Labute approximate surface area is 436 Å². The molecule has 0 aliphatic carbocycles. The second-order valence-electron chi connectivity index (χ2n) is 14.7. The summed E-state index contributed by atoms with van der Waals surface area (Å²) in [5, 5.41) is 19.5. The summed E-state index contributed by atoms with van der Waals surface area (Å²) in [5.41, 5.74) is 4.78. The Kier molecular flexibility index (Phi) is 17.9. The van der Waals surface area contributed by atoms with Crippen molar-refractivity contribution in [2.24, 2.45) is 0 Å². The van der Waals surface area contributed by atoms with E-state index < -0.39 is 11.9 Å². The number of thiophene rings is 5. The second kappa shape index (κ2) is 24.2. The van der Waals surface area contributed by atoms with Gasteiger partial charge in [0.15, 0.2) is 0 Å². The van der Waals surface area contributed by atoms with E-state index in [1.54, 1.807) is 76.7 Å². The minimum Gasteiger partial charge on any atom is -0.753 e. The van der Waals surface area contributed by atoms with Crippen molar-refractivity contribution in [3.8, 4) is 76.3 Å². The Morgan fingerprint density at radius 3 is 2.07 bits per heavy atom. The number of halogens is 3. The Morgan fingerprint density at radius 1 is 0.686 bits per heavy atom. The molecule has 0 unspecified atom stereocenters. The van der Waals surface area contributed by atoms with Crippen molar-refractivity contribution in [3.05, 3.63) is 131 Å². The molecule has 0 atom stereocenters. The topological polar surface area (TPSA) is 153 Å². The predicted molar refractivity (Wildman–Crippen MR) is 274 cm³/mol. The maximum Gasteiger partial charge on any atom is 2.00 e. The first-order valence-corrected chi connectivity index (χ1v) is 25.5. The summed E-state index contributed by atoms with van der Waals surface area (Å²) in [4.78, 5) is 44.4. The van der Waals surface area contributed by atoms with Crippen molar-refractivity contribution in [2.45, 2.75) is 45.2 Å². The van der Waals surface area contributed by atoms with Crippen LogP contribution in [0.5, 0.6) is 11.5 Å². The molecule has 354 valence electrons. The van der Waals surface area contributed by atoms with E-state index in [1.807, 2.05) is 40.9 Å². The number of isothiocyanates is 1. The summed E-state index contributed by atoms with van der Waals surface area (Å²) in [6, 6.07) is 25.8. The van der Waals surface area contributed by atoms with Crippen LogP contribution in [0.2, 0.25) is 0 Å². The molecule has 10 heterocycles. The Balaban J connectivity index is 0.000000209. The molecule has 0 aliphatic heterocycles. The molecule has 0 bridgehead atoms. The molecule has 0 spiro atoms. The predicted octanol–water partition coefficient (Wildman–Crippen LogP) is 14.8. The molecule has 10 aromatic rings. The third-order valence-electron chi connectivity index (χ3n) is 10.2. The summed E-state index contributed by atoms with van der Waals surface area (Å²) in [6.45, 7) is 2.89. The number of nitrogens with zero attached hydrogens (tertiary/aromatic N) is 7. The van der Waals surface area contributed by atoms with Crippen LogP contribution in [0.1, 0.15) is 43.9 Å². The average Bonchev–Trinajstić information content (AvgIpc) is 4.22. The molecule has 21 heteroatoms. The van der Waals surface area contributed by atoms with Gasteiger partial charge in [-0.05, 0) is 107 Å². The summed E-state index contributed by atoms with van der Waals surface area (Å²) >= 11 is 12.6. The number of hydrogen-bond donors (Lipinski definition) is 0. The van der Waals surface area contributed by atoms with Crippen LogP contribution in [-0.2, 0) is 41.7 Å². The van der Waals surface area contributed by atoms with Gasteiger partial charge in [0.2, 0.25) is 0 Å². The summed E-state index contributed by atoms with van der Waals surface area (Å²) in [7, 11) is 0. The van der Waals surface area contributed by atoms with Crippen molar-refractivity contribution < 1.29 is 51.7 Å². The zero-order valence-corrected chi connectivity index (χ0v) is 43.0. The molecular formula is C49H34F3N7O4RuS6. The molecule has 0 amide bonds. The van der Waals surface area contributed by atoms with Gasteiger partial charge in [0.1, 0.15) is 17.2 Å². The molecule has 0 saturated heterocycles. The summed E-state index contributed by atoms with van der Waals surface area (Å²) in [5.74, 6) is 0.616. The fraction of sp³-hybridized carbons (Fsp3) is 0.143. The minimum absolute atomic E-state index is 0. The Morgan fingerprint density at radius 2 is 1.34 bits per heavy atom. The third kappa shape index (κ3) is 12.5. The van der Waals surface area contributed by atoms with E-state index in [-0.39, 0.29) is 25.2 Å². The molecule has 0 fully saturated rings. The van der Waals surface area contributed by atoms with Gasteiger partial charge in [-0.1, -0.05) is 44.1 Å². The second-order valence-corrected chi connectivity index (χ2v) is 19.9. The van der Waals surface area contributed by atoms with Crippen LogP contribution >= 0.6 is 68.9 Å². The maximum absolute atomic E-state index is 12.7. The fourth-order valence-corrected chi connectivity index (χ4v) is 12.9. The first kappa shape index (κ1) is 51.8. The van der Waals surface area contributed by atoms with Crippen molar-refractivity contribution in [2.75, 3.05) is 0 Å². The normalized spacial score (nSPS) is 10.9. The van der Waals surface area contributed by atoms with E-state index in [4.69, 9.17) is 19.9 Å². The van der Waals surface area contributed by atoms with Gasteiger partial charge in [-0.15, -0.1) is 56.7 Å². The van der Waals surface area contributed by atoms with E-state index in [2.05, 4.69) is 85.4 Å². The molecule has 70 heavy (non-hydrogen) atoms. The number of ether oxygens (including phenoxy) is 2. The van der Waals surface area contributed by atoms with Crippen LogP contribution in [0.15, 0.2) is 114 Å². The van der Waals surface area contributed by atoms with Crippen LogP contribution in [0.4, 0.5) is 13.2 Å². The molecule has 0 aliphatic rings. The van der Waals surface area contributed by atoms with Crippen molar-refractivity contribution >= 4 is 106 Å². The standard InChI is InChI=1S/C29H15N3O4S4.C19H19F3N3S.CNS.Ru/c33-14-35-17-4-7-31-20(10-17)22-12-18(36-15-34)11-21(32-22)19-9-16(3-6-30-19)23-1-2-24(38-23)26-13-27-29(40-26)28-25(39-27)5-8-37-28;1-2-3-4-5-6-13-8-10-26-18(13)14-7-9-23-15(11-14)16-12-17(25-24-16)19(20,21)22;2-1-3;/h1-15H;7-12H,2-6H2,1H3;;/q;2*-1;+2. The quantitative estimate of drug-likeness (QED) is 0.0317. The van der Waals surface area contributed by atoms with Crippen LogP contribution < -0.4 is 14.6 Å². The van der Waals surface area contributed by atoms with Gasteiger partial charge in [-0.2, -0.15) is 18.3 Å². The molecule has 11 nitrogen and oxygen atoms in total. The van der Waals surface area contributed by atoms with Crippen molar-refractivity contribution in [3.63, 3.8) is 0 Å². The molecule has 0 saturated carbocycles. The van der Waals surface area contributed by atoms with Gasteiger partial charge >= 0.3 is 25.7 Å². The zero-order chi connectivity index (χ0) is 48.3. The molecule has 10 rings (SSSR count). The number of alkyl halides is 3. The van der Waals surface area contributed by atoms with E-state index >= 15 is 0 Å². The van der Waals surface area contributed by atoms with Crippen molar-refractivity contribution in [1.29, 1.82) is 0 Å². The van der Waals surface area contributed by atoms with E-state index in [0.29, 0.717) is 52.9 Å². The van der Waals surface area contributed by atoms with Crippen LogP contribution in [0.3, 0.4) is 0 Å². The molecule has 0 aromatic carbocycles. The number of fused-ring (bicyclic) bond motifs is 3. The molecular weight excluding hydrogens is 1100 g/mol. The van der Waals surface area contributed by atoms with E-state index in [0.717, 1.165) is 39.8 Å².